The standard InChI is InChI=1S/C21H24ClN3O4/c1-28-16-11-15(12-17(13-16)29-2)21(27)25-9-7-24(8-10-25)14-20(26)23-19-6-4-3-5-18(19)22/h3-6,11-13H,7-10,14H2,1-2H3,(H,23,26)/p+1. The minimum absolute atomic E-state index is 0.0678. The van der Waals surface area contributed by atoms with Gasteiger partial charge in [0.25, 0.3) is 11.8 Å². The van der Waals surface area contributed by atoms with Gasteiger partial charge in [0, 0.05) is 11.6 Å². The zero-order valence-electron chi connectivity index (χ0n) is 16.5. The number of hydrogen-bond acceptors (Lipinski definition) is 4. The van der Waals surface area contributed by atoms with Crippen LogP contribution in [0.15, 0.2) is 42.5 Å². The van der Waals surface area contributed by atoms with Gasteiger partial charge >= 0.3 is 0 Å². The molecule has 8 heteroatoms. The van der Waals surface area contributed by atoms with Crippen molar-refractivity contribution in [1.29, 1.82) is 0 Å². The number of hydrogen-bond donors (Lipinski definition) is 2. The fraction of sp³-hybridized carbons (Fsp3) is 0.333. The van der Waals surface area contributed by atoms with Crippen LogP contribution in [0.1, 0.15) is 10.4 Å². The van der Waals surface area contributed by atoms with Crippen LogP contribution in [-0.4, -0.2) is 63.7 Å². The van der Waals surface area contributed by atoms with Crippen LogP contribution in [0, 0.1) is 0 Å². The molecule has 1 fully saturated rings. The van der Waals surface area contributed by atoms with Crippen molar-refractivity contribution >= 4 is 29.1 Å². The van der Waals surface area contributed by atoms with Crippen molar-refractivity contribution in [3.8, 4) is 11.5 Å². The SMILES string of the molecule is COc1cc(OC)cc(C(=O)N2CC[NH+](CC(=O)Nc3ccccc3Cl)CC2)c1. The quantitative estimate of drug-likeness (QED) is 0.742. The number of carbonyl (C=O) groups is 2. The third kappa shape index (κ3) is 5.40. The Kier molecular flexibility index (Phi) is 6.95. The summed E-state index contributed by atoms with van der Waals surface area (Å²) in [6, 6.07) is 12.3. The monoisotopic (exact) mass is 418 g/mol. The zero-order valence-corrected chi connectivity index (χ0v) is 17.3. The fourth-order valence-corrected chi connectivity index (χ4v) is 3.48. The summed E-state index contributed by atoms with van der Waals surface area (Å²) in [5.41, 5.74) is 1.14. The first-order valence-electron chi connectivity index (χ1n) is 9.40. The molecule has 0 bridgehead atoms. The van der Waals surface area contributed by atoms with Crippen LogP contribution in [0.5, 0.6) is 11.5 Å². The summed E-state index contributed by atoms with van der Waals surface area (Å²) < 4.78 is 10.5. The van der Waals surface area contributed by atoms with Crippen molar-refractivity contribution in [1.82, 2.24) is 4.90 Å². The molecular formula is C21H25ClN3O4+. The summed E-state index contributed by atoms with van der Waals surface area (Å²) in [6.07, 6.45) is 0. The summed E-state index contributed by atoms with van der Waals surface area (Å²) >= 11 is 6.08. The molecule has 1 aliphatic heterocycles. The molecule has 0 unspecified atom stereocenters. The van der Waals surface area contributed by atoms with Crippen LogP contribution in [0.25, 0.3) is 0 Å². The molecule has 1 saturated heterocycles. The molecule has 3 rings (SSSR count). The molecule has 0 aromatic heterocycles. The lowest BCUT2D eigenvalue weighted by atomic mass is 10.1. The topological polar surface area (TPSA) is 72.3 Å². The highest BCUT2D eigenvalue weighted by Crippen LogP contribution is 2.23. The number of piperazine rings is 1. The van der Waals surface area contributed by atoms with Crippen LogP contribution < -0.4 is 19.7 Å². The predicted molar refractivity (Wildman–Crippen MR) is 111 cm³/mol. The van der Waals surface area contributed by atoms with E-state index in [0.29, 0.717) is 60.5 Å². The molecule has 0 radical (unpaired) electrons. The van der Waals surface area contributed by atoms with Crippen molar-refractivity contribution in [2.45, 2.75) is 0 Å². The Bertz CT molecular complexity index is 860. The van der Waals surface area contributed by atoms with Gasteiger partial charge in [-0.25, -0.2) is 0 Å². The van der Waals surface area contributed by atoms with Gasteiger partial charge in [-0.2, -0.15) is 0 Å². The fourth-order valence-electron chi connectivity index (χ4n) is 3.30. The second-order valence-corrected chi connectivity index (χ2v) is 7.26. The first-order valence-corrected chi connectivity index (χ1v) is 9.78. The van der Waals surface area contributed by atoms with E-state index in [4.69, 9.17) is 21.1 Å². The van der Waals surface area contributed by atoms with Crippen molar-refractivity contribution in [2.75, 3.05) is 52.3 Å². The van der Waals surface area contributed by atoms with E-state index in [2.05, 4.69) is 5.32 Å². The maximum atomic E-state index is 12.9. The highest BCUT2D eigenvalue weighted by Gasteiger charge is 2.26. The van der Waals surface area contributed by atoms with Gasteiger partial charge in [-0.1, -0.05) is 23.7 Å². The highest BCUT2D eigenvalue weighted by atomic mass is 35.5. The Morgan fingerprint density at radius 2 is 1.69 bits per heavy atom. The molecule has 0 aliphatic carbocycles. The van der Waals surface area contributed by atoms with E-state index >= 15 is 0 Å². The van der Waals surface area contributed by atoms with Crippen molar-refractivity contribution in [3.63, 3.8) is 0 Å². The van der Waals surface area contributed by atoms with Crippen molar-refractivity contribution < 1.29 is 24.0 Å². The number of benzene rings is 2. The van der Waals surface area contributed by atoms with Gasteiger partial charge < -0.3 is 24.6 Å². The van der Waals surface area contributed by atoms with Gasteiger partial charge in [-0.15, -0.1) is 0 Å². The number of quaternary nitrogens is 1. The number of nitrogens with zero attached hydrogens (tertiary/aromatic N) is 1. The Morgan fingerprint density at radius 1 is 1.07 bits per heavy atom. The summed E-state index contributed by atoms with van der Waals surface area (Å²) in [5.74, 6) is 0.994. The lowest BCUT2D eigenvalue weighted by Crippen LogP contribution is -3.15. The molecule has 7 nitrogen and oxygen atoms in total. The van der Waals surface area contributed by atoms with Crippen LogP contribution in [0.4, 0.5) is 5.69 Å². The van der Waals surface area contributed by atoms with E-state index in [-0.39, 0.29) is 11.8 Å². The summed E-state index contributed by atoms with van der Waals surface area (Å²) in [7, 11) is 3.11. The van der Waals surface area contributed by atoms with Gasteiger partial charge in [-0.3, -0.25) is 9.59 Å². The third-order valence-electron chi connectivity index (χ3n) is 4.91. The molecule has 0 atom stereocenters. The van der Waals surface area contributed by atoms with Crippen LogP contribution in [0.3, 0.4) is 0 Å². The van der Waals surface area contributed by atoms with Crippen molar-refractivity contribution in [2.24, 2.45) is 0 Å². The smallest absolute Gasteiger partial charge is 0.279 e. The number of ether oxygens (including phenoxy) is 2. The van der Waals surface area contributed by atoms with Gasteiger partial charge in [-0.05, 0) is 24.3 Å². The van der Waals surface area contributed by atoms with Gasteiger partial charge in [0.1, 0.15) is 11.5 Å². The number of methoxy groups -OCH3 is 2. The van der Waals surface area contributed by atoms with E-state index in [9.17, 15) is 9.59 Å². The number of nitrogens with one attached hydrogen (secondary N) is 2. The second-order valence-electron chi connectivity index (χ2n) is 6.85. The van der Waals surface area contributed by atoms with E-state index in [1.165, 1.54) is 0 Å². The second kappa shape index (κ2) is 9.62. The molecule has 1 aliphatic rings. The first-order chi connectivity index (χ1) is 14.0. The Morgan fingerprint density at radius 3 is 2.28 bits per heavy atom. The van der Waals surface area contributed by atoms with Gasteiger partial charge in [0.2, 0.25) is 0 Å². The average molecular weight is 419 g/mol. The van der Waals surface area contributed by atoms with E-state index < -0.39 is 0 Å². The molecule has 2 amide bonds. The Balaban J connectivity index is 1.54. The normalized spacial score (nSPS) is 14.4. The molecule has 0 spiro atoms. The maximum Gasteiger partial charge on any atom is 0.279 e. The van der Waals surface area contributed by atoms with Gasteiger partial charge in [0.05, 0.1) is 51.1 Å². The van der Waals surface area contributed by atoms with Crippen LogP contribution in [-0.2, 0) is 4.79 Å². The third-order valence-corrected chi connectivity index (χ3v) is 5.24. The predicted octanol–water partition coefficient (Wildman–Crippen LogP) is 1.34. The summed E-state index contributed by atoms with van der Waals surface area (Å²) in [4.78, 5) is 28.1. The minimum atomic E-state index is -0.0922. The lowest BCUT2D eigenvalue weighted by molar-refractivity contribution is -0.895. The molecule has 2 N–H and O–H groups in total. The molecule has 154 valence electrons. The van der Waals surface area contributed by atoms with E-state index in [0.717, 1.165) is 4.90 Å². The van der Waals surface area contributed by atoms with Crippen LogP contribution >= 0.6 is 11.6 Å². The van der Waals surface area contributed by atoms with E-state index in [1.54, 1.807) is 49.5 Å². The Hall–Kier alpha value is -2.77. The maximum absolute atomic E-state index is 12.9. The number of rotatable bonds is 6. The number of halogens is 1. The summed E-state index contributed by atoms with van der Waals surface area (Å²) in [5, 5.41) is 3.36. The minimum Gasteiger partial charge on any atom is -0.497 e. The number of anilines is 1. The molecular weight excluding hydrogens is 394 g/mol. The van der Waals surface area contributed by atoms with Crippen molar-refractivity contribution in [3.05, 3.63) is 53.1 Å². The Labute approximate surface area is 175 Å². The highest BCUT2D eigenvalue weighted by molar-refractivity contribution is 6.33. The number of para-hydroxylation sites is 1. The average Bonchev–Trinajstić information content (AvgIpc) is 2.75. The summed E-state index contributed by atoms with van der Waals surface area (Å²) in [6.45, 7) is 2.88. The molecule has 2 aromatic carbocycles. The molecule has 2 aromatic rings. The largest absolute Gasteiger partial charge is 0.497 e. The number of amides is 2. The van der Waals surface area contributed by atoms with E-state index in [1.807, 2.05) is 12.1 Å². The number of carbonyl (C=O) groups excluding carboxylic acids is 2. The van der Waals surface area contributed by atoms with Crippen LogP contribution in [0.2, 0.25) is 5.02 Å². The first kappa shape index (κ1) is 21.0. The molecule has 0 saturated carbocycles. The van der Waals surface area contributed by atoms with Gasteiger partial charge in [0.15, 0.2) is 6.54 Å². The zero-order chi connectivity index (χ0) is 20.8. The molecule has 1 heterocycles. The molecule has 29 heavy (non-hydrogen) atoms. The lowest BCUT2D eigenvalue weighted by Gasteiger charge is -2.32.